The summed E-state index contributed by atoms with van der Waals surface area (Å²) < 4.78 is 26.8. The van der Waals surface area contributed by atoms with Gasteiger partial charge in [-0.05, 0) is 24.1 Å². The Kier molecular flexibility index (Phi) is 4.09. The molecule has 0 atom stereocenters. The van der Waals surface area contributed by atoms with E-state index in [0.29, 0.717) is 13.0 Å². The number of hydrogen-bond acceptors (Lipinski definition) is 3. The summed E-state index contributed by atoms with van der Waals surface area (Å²) in [6, 6.07) is 15.8. The van der Waals surface area contributed by atoms with Gasteiger partial charge in [-0.2, -0.15) is 4.31 Å². The standard InChI is InChI=1S/C17H17NO3S/c19-17-11-13-18(12-10-14-6-4-5-9-16(14)17)22(20,21)15-7-2-1-3-8-15/h1-9H,10-13H2. The van der Waals surface area contributed by atoms with Crippen LogP contribution in [0.25, 0.3) is 0 Å². The Morgan fingerprint density at radius 3 is 2.23 bits per heavy atom. The van der Waals surface area contributed by atoms with Crippen molar-refractivity contribution in [3.63, 3.8) is 0 Å². The number of nitrogens with zero attached hydrogens (tertiary/aromatic N) is 1. The highest BCUT2D eigenvalue weighted by Crippen LogP contribution is 2.21. The van der Waals surface area contributed by atoms with Gasteiger partial charge in [0.15, 0.2) is 5.78 Å². The Hall–Kier alpha value is -1.98. The fourth-order valence-electron chi connectivity index (χ4n) is 2.71. The summed E-state index contributed by atoms with van der Waals surface area (Å²) in [5, 5.41) is 0. The first-order valence-corrected chi connectivity index (χ1v) is 8.69. The van der Waals surface area contributed by atoms with Crippen LogP contribution in [0.15, 0.2) is 59.5 Å². The van der Waals surface area contributed by atoms with Crippen LogP contribution in [-0.4, -0.2) is 31.6 Å². The van der Waals surface area contributed by atoms with Crippen molar-refractivity contribution < 1.29 is 13.2 Å². The Morgan fingerprint density at radius 1 is 0.818 bits per heavy atom. The van der Waals surface area contributed by atoms with Gasteiger partial charge >= 0.3 is 0 Å². The number of carbonyl (C=O) groups is 1. The van der Waals surface area contributed by atoms with Crippen LogP contribution in [0.4, 0.5) is 0 Å². The summed E-state index contributed by atoms with van der Waals surface area (Å²) in [6.07, 6.45) is 0.761. The average Bonchev–Trinajstić information content (AvgIpc) is 2.53. The summed E-state index contributed by atoms with van der Waals surface area (Å²) in [6.45, 7) is 0.617. The second-order valence-corrected chi connectivity index (χ2v) is 7.24. The zero-order chi connectivity index (χ0) is 15.6. The molecule has 0 unspecified atom stereocenters. The normalized spacial score (nSPS) is 16.6. The zero-order valence-corrected chi connectivity index (χ0v) is 12.9. The van der Waals surface area contributed by atoms with E-state index in [0.717, 1.165) is 11.1 Å². The molecule has 2 aromatic carbocycles. The predicted molar refractivity (Wildman–Crippen MR) is 84.3 cm³/mol. The minimum absolute atomic E-state index is 0.00330. The number of hydrogen-bond donors (Lipinski definition) is 0. The van der Waals surface area contributed by atoms with Crippen molar-refractivity contribution in [2.24, 2.45) is 0 Å². The van der Waals surface area contributed by atoms with Crippen molar-refractivity contribution in [2.45, 2.75) is 17.7 Å². The first-order valence-electron chi connectivity index (χ1n) is 7.25. The van der Waals surface area contributed by atoms with Crippen LogP contribution in [-0.2, 0) is 16.4 Å². The van der Waals surface area contributed by atoms with E-state index in [4.69, 9.17) is 0 Å². The molecule has 22 heavy (non-hydrogen) atoms. The summed E-state index contributed by atoms with van der Waals surface area (Å²) in [5.74, 6) is 0.00330. The first kappa shape index (κ1) is 14.9. The van der Waals surface area contributed by atoms with Gasteiger partial charge in [0.05, 0.1) is 4.90 Å². The molecular formula is C17H17NO3S. The maximum atomic E-state index is 12.7. The lowest BCUT2D eigenvalue weighted by Crippen LogP contribution is -2.36. The summed E-state index contributed by atoms with van der Waals surface area (Å²) in [4.78, 5) is 12.5. The molecule has 5 heteroatoms. The molecule has 0 aliphatic carbocycles. The molecule has 0 spiro atoms. The quantitative estimate of drug-likeness (QED) is 0.855. The number of sulfonamides is 1. The molecule has 3 rings (SSSR count). The van der Waals surface area contributed by atoms with Gasteiger partial charge in [-0.15, -0.1) is 0 Å². The van der Waals surface area contributed by atoms with Gasteiger partial charge in [0.25, 0.3) is 0 Å². The minimum Gasteiger partial charge on any atom is -0.294 e. The third-order valence-corrected chi connectivity index (χ3v) is 5.83. The van der Waals surface area contributed by atoms with E-state index in [2.05, 4.69) is 0 Å². The highest BCUT2D eigenvalue weighted by atomic mass is 32.2. The van der Waals surface area contributed by atoms with Crippen LogP contribution < -0.4 is 0 Å². The molecule has 0 saturated heterocycles. The molecule has 0 saturated carbocycles. The van der Waals surface area contributed by atoms with Crippen molar-refractivity contribution in [3.8, 4) is 0 Å². The van der Waals surface area contributed by atoms with Crippen LogP contribution in [0.1, 0.15) is 22.3 Å². The molecule has 0 radical (unpaired) electrons. The number of rotatable bonds is 2. The molecule has 0 bridgehead atoms. The molecule has 0 fully saturated rings. The number of benzene rings is 2. The van der Waals surface area contributed by atoms with Crippen molar-refractivity contribution in [1.29, 1.82) is 0 Å². The largest absolute Gasteiger partial charge is 0.294 e. The third-order valence-electron chi connectivity index (χ3n) is 3.92. The lowest BCUT2D eigenvalue weighted by molar-refractivity contribution is 0.0972. The number of carbonyl (C=O) groups excluding carboxylic acids is 1. The van der Waals surface area contributed by atoms with Crippen molar-refractivity contribution in [3.05, 3.63) is 65.7 Å². The number of fused-ring (bicyclic) bond motifs is 1. The van der Waals surface area contributed by atoms with Gasteiger partial charge < -0.3 is 0 Å². The summed E-state index contributed by atoms with van der Waals surface area (Å²) >= 11 is 0. The molecule has 2 aromatic rings. The van der Waals surface area contributed by atoms with E-state index >= 15 is 0 Å². The van der Waals surface area contributed by atoms with Crippen LogP contribution in [0.3, 0.4) is 0 Å². The molecule has 0 aromatic heterocycles. The Bertz CT molecular complexity index is 785. The zero-order valence-electron chi connectivity index (χ0n) is 12.1. The van der Waals surface area contributed by atoms with Crippen LogP contribution in [0.5, 0.6) is 0 Å². The molecule has 4 nitrogen and oxygen atoms in total. The van der Waals surface area contributed by atoms with Gasteiger partial charge in [0.1, 0.15) is 0 Å². The molecular weight excluding hydrogens is 298 g/mol. The van der Waals surface area contributed by atoms with Gasteiger partial charge in [-0.25, -0.2) is 8.42 Å². The fourth-order valence-corrected chi connectivity index (χ4v) is 4.17. The van der Waals surface area contributed by atoms with Gasteiger partial charge in [0.2, 0.25) is 10.0 Å². The minimum atomic E-state index is -3.55. The Morgan fingerprint density at radius 2 is 1.45 bits per heavy atom. The van der Waals surface area contributed by atoms with Crippen molar-refractivity contribution in [2.75, 3.05) is 13.1 Å². The highest BCUT2D eigenvalue weighted by Gasteiger charge is 2.27. The van der Waals surface area contributed by atoms with Crippen LogP contribution in [0.2, 0.25) is 0 Å². The van der Waals surface area contributed by atoms with E-state index in [1.165, 1.54) is 4.31 Å². The second kappa shape index (κ2) is 6.02. The summed E-state index contributed by atoms with van der Waals surface area (Å²) in [7, 11) is -3.55. The maximum absolute atomic E-state index is 12.7. The Balaban J connectivity index is 1.91. The highest BCUT2D eigenvalue weighted by molar-refractivity contribution is 7.89. The molecule has 0 amide bonds. The molecule has 114 valence electrons. The summed E-state index contributed by atoms with van der Waals surface area (Å²) in [5.41, 5.74) is 1.64. The van der Waals surface area contributed by atoms with E-state index in [1.54, 1.807) is 30.3 Å². The third kappa shape index (κ3) is 2.82. The van der Waals surface area contributed by atoms with E-state index in [-0.39, 0.29) is 23.6 Å². The van der Waals surface area contributed by atoms with Gasteiger partial charge in [-0.3, -0.25) is 4.79 Å². The van der Waals surface area contributed by atoms with Gasteiger partial charge in [-0.1, -0.05) is 42.5 Å². The predicted octanol–water partition coefficient (Wildman–Crippen LogP) is 2.51. The molecule has 1 aliphatic rings. The monoisotopic (exact) mass is 315 g/mol. The van der Waals surface area contributed by atoms with Crippen LogP contribution in [0, 0.1) is 0 Å². The number of ketones is 1. The van der Waals surface area contributed by atoms with E-state index in [1.807, 2.05) is 24.3 Å². The number of Topliss-reactive ketones (excluding diaryl/α,β-unsaturated/α-hetero) is 1. The lowest BCUT2D eigenvalue weighted by atomic mass is 9.98. The van der Waals surface area contributed by atoms with Gasteiger partial charge in [0, 0.05) is 25.1 Å². The van der Waals surface area contributed by atoms with Crippen LogP contribution >= 0.6 is 0 Å². The van der Waals surface area contributed by atoms with Crippen molar-refractivity contribution in [1.82, 2.24) is 4.31 Å². The van der Waals surface area contributed by atoms with E-state index in [9.17, 15) is 13.2 Å². The molecule has 1 heterocycles. The molecule has 1 aliphatic heterocycles. The first-order chi connectivity index (χ1) is 10.6. The van der Waals surface area contributed by atoms with Crippen molar-refractivity contribution >= 4 is 15.8 Å². The maximum Gasteiger partial charge on any atom is 0.243 e. The SMILES string of the molecule is O=C1CCN(S(=O)(=O)c2ccccc2)CCc2ccccc21. The smallest absolute Gasteiger partial charge is 0.243 e. The second-order valence-electron chi connectivity index (χ2n) is 5.30. The lowest BCUT2D eigenvalue weighted by Gasteiger charge is -2.24. The average molecular weight is 315 g/mol. The van der Waals surface area contributed by atoms with E-state index < -0.39 is 10.0 Å². The topological polar surface area (TPSA) is 54.5 Å². The Labute approximate surface area is 130 Å². The molecule has 0 N–H and O–H groups in total. The fraction of sp³-hybridized carbons (Fsp3) is 0.235.